The van der Waals surface area contributed by atoms with Crippen LogP contribution < -0.4 is 5.73 Å². The third-order valence-electron chi connectivity index (χ3n) is 3.84. The zero-order valence-electron chi connectivity index (χ0n) is 12.8. The van der Waals surface area contributed by atoms with Crippen LogP contribution in [0.5, 0.6) is 0 Å². The van der Waals surface area contributed by atoms with Crippen LogP contribution in [0.3, 0.4) is 0 Å². The summed E-state index contributed by atoms with van der Waals surface area (Å²) in [6, 6.07) is 7.68. The summed E-state index contributed by atoms with van der Waals surface area (Å²) in [7, 11) is 1.64. The molecule has 0 fully saturated rings. The number of ether oxygens (including phenoxy) is 1. The Kier molecular flexibility index (Phi) is 4.85. The van der Waals surface area contributed by atoms with E-state index in [0.29, 0.717) is 24.5 Å². The van der Waals surface area contributed by atoms with E-state index in [-0.39, 0.29) is 11.9 Å². The molecule has 0 bridgehead atoms. The summed E-state index contributed by atoms with van der Waals surface area (Å²) in [4.78, 5) is 17.7. The number of para-hydroxylation sites is 1. The maximum Gasteiger partial charge on any atom is 0.270 e. The van der Waals surface area contributed by atoms with Crippen LogP contribution in [0.4, 0.5) is 5.69 Å². The highest BCUT2D eigenvalue weighted by Gasteiger charge is 2.22. The first-order chi connectivity index (χ1) is 10.1. The van der Waals surface area contributed by atoms with Crippen LogP contribution in [-0.2, 0) is 4.74 Å². The molecule has 1 aromatic carbocycles. The lowest BCUT2D eigenvalue weighted by Crippen LogP contribution is -2.40. The first-order valence-electron chi connectivity index (χ1n) is 7.25. The second-order valence-electron chi connectivity index (χ2n) is 5.24. The van der Waals surface area contributed by atoms with Crippen molar-refractivity contribution < 1.29 is 9.53 Å². The van der Waals surface area contributed by atoms with E-state index in [1.54, 1.807) is 7.11 Å². The molecule has 21 heavy (non-hydrogen) atoms. The number of fused-ring (bicyclic) bond motifs is 1. The molecule has 0 radical (unpaired) electrons. The van der Waals surface area contributed by atoms with E-state index in [0.717, 1.165) is 17.3 Å². The first-order valence-corrected chi connectivity index (χ1v) is 7.25. The molecule has 114 valence electrons. The smallest absolute Gasteiger partial charge is 0.270 e. The zero-order valence-corrected chi connectivity index (χ0v) is 12.8. The molecular formula is C16H23N3O2. The Balaban J connectivity index is 2.31. The standard InChI is InChI=1S/C16H23N3O2/c1-4-11(2)19(8-9-21-3)16(20)14-10-12-6-5-7-13(17)15(12)18-14/h5-7,10-11,18H,4,8-9,17H2,1-3H3. The number of carbonyl (C=O) groups is 1. The number of methoxy groups -OCH3 is 1. The van der Waals surface area contributed by atoms with Crippen molar-refractivity contribution in [3.63, 3.8) is 0 Å². The van der Waals surface area contributed by atoms with Crippen LogP contribution in [-0.4, -0.2) is 42.1 Å². The maximum atomic E-state index is 12.7. The number of rotatable bonds is 6. The van der Waals surface area contributed by atoms with Crippen LogP contribution >= 0.6 is 0 Å². The molecule has 5 nitrogen and oxygen atoms in total. The maximum absolute atomic E-state index is 12.7. The number of anilines is 1. The molecule has 1 heterocycles. The number of H-pyrrole nitrogens is 1. The molecule has 0 saturated carbocycles. The monoisotopic (exact) mass is 289 g/mol. The Labute approximate surface area is 125 Å². The second kappa shape index (κ2) is 6.63. The summed E-state index contributed by atoms with van der Waals surface area (Å²) >= 11 is 0. The van der Waals surface area contributed by atoms with Gasteiger partial charge in [0.05, 0.1) is 17.8 Å². The fourth-order valence-electron chi connectivity index (χ4n) is 2.38. The molecule has 3 N–H and O–H groups in total. The van der Waals surface area contributed by atoms with E-state index < -0.39 is 0 Å². The zero-order chi connectivity index (χ0) is 15.4. The summed E-state index contributed by atoms with van der Waals surface area (Å²) in [5.74, 6) is -0.0167. The van der Waals surface area contributed by atoms with E-state index in [9.17, 15) is 4.79 Å². The molecule has 5 heteroatoms. The average Bonchev–Trinajstić information content (AvgIpc) is 2.92. The molecule has 1 unspecified atom stereocenters. The van der Waals surface area contributed by atoms with Gasteiger partial charge in [0, 0.05) is 25.1 Å². The molecule has 0 spiro atoms. The number of aromatic amines is 1. The van der Waals surface area contributed by atoms with Crippen molar-refractivity contribution in [2.75, 3.05) is 26.0 Å². The number of carbonyl (C=O) groups excluding carboxylic acids is 1. The third-order valence-corrected chi connectivity index (χ3v) is 3.84. The highest BCUT2D eigenvalue weighted by Crippen LogP contribution is 2.22. The Morgan fingerprint density at radius 1 is 1.48 bits per heavy atom. The second-order valence-corrected chi connectivity index (χ2v) is 5.24. The van der Waals surface area contributed by atoms with Gasteiger partial charge in [0.2, 0.25) is 0 Å². The Bertz CT molecular complexity index is 621. The van der Waals surface area contributed by atoms with Gasteiger partial charge in [-0.05, 0) is 25.5 Å². The molecule has 1 aromatic heterocycles. The van der Waals surface area contributed by atoms with Crippen molar-refractivity contribution >= 4 is 22.5 Å². The molecule has 0 saturated heterocycles. The van der Waals surface area contributed by atoms with Crippen LogP contribution in [0, 0.1) is 0 Å². The molecule has 1 atom stereocenters. The molecular weight excluding hydrogens is 266 g/mol. The third kappa shape index (κ3) is 3.19. The van der Waals surface area contributed by atoms with Gasteiger partial charge in [-0.1, -0.05) is 19.1 Å². The van der Waals surface area contributed by atoms with Gasteiger partial charge in [0.25, 0.3) is 5.91 Å². The normalized spacial score (nSPS) is 12.5. The molecule has 0 aliphatic heterocycles. The van der Waals surface area contributed by atoms with Crippen molar-refractivity contribution in [2.24, 2.45) is 0 Å². The Morgan fingerprint density at radius 3 is 2.86 bits per heavy atom. The Morgan fingerprint density at radius 2 is 2.24 bits per heavy atom. The number of aromatic nitrogens is 1. The number of nitrogens with zero attached hydrogens (tertiary/aromatic N) is 1. The minimum absolute atomic E-state index is 0.0167. The van der Waals surface area contributed by atoms with Crippen molar-refractivity contribution in [1.82, 2.24) is 9.88 Å². The molecule has 1 amide bonds. The highest BCUT2D eigenvalue weighted by atomic mass is 16.5. The number of nitrogens with one attached hydrogen (secondary N) is 1. The minimum atomic E-state index is -0.0167. The van der Waals surface area contributed by atoms with Gasteiger partial charge in [-0.15, -0.1) is 0 Å². The fraction of sp³-hybridized carbons (Fsp3) is 0.438. The lowest BCUT2D eigenvalue weighted by Gasteiger charge is -2.27. The molecule has 0 aliphatic carbocycles. The molecule has 0 aliphatic rings. The van der Waals surface area contributed by atoms with E-state index in [1.807, 2.05) is 36.1 Å². The summed E-state index contributed by atoms with van der Waals surface area (Å²) in [6.45, 7) is 5.22. The number of hydrogen-bond acceptors (Lipinski definition) is 3. The van der Waals surface area contributed by atoms with Crippen molar-refractivity contribution in [1.29, 1.82) is 0 Å². The van der Waals surface area contributed by atoms with Gasteiger partial charge in [0.1, 0.15) is 5.69 Å². The largest absolute Gasteiger partial charge is 0.397 e. The topological polar surface area (TPSA) is 71.3 Å². The van der Waals surface area contributed by atoms with Crippen molar-refractivity contribution in [2.45, 2.75) is 26.3 Å². The van der Waals surface area contributed by atoms with E-state index in [1.165, 1.54) is 0 Å². The van der Waals surface area contributed by atoms with Gasteiger partial charge < -0.3 is 20.4 Å². The summed E-state index contributed by atoms with van der Waals surface area (Å²) in [5.41, 5.74) is 7.97. The van der Waals surface area contributed by atoms with Gasteiger partial charge in [-0.3, -0.25) is 4.79 Å². The summed E-state index contributed by atoms with van der Waals surface area (Å²) in [5, 5.41) is 0.953. The number of benzene rings is 1. The van der Waals surface area contributed by atoms with E-state index in [2.05, 4.69) is 11.9 Å². The SMILES string of the molecule is CCC(C)N(CCOC)C(=O)c1cc2cccc(N)c2[nH]1. The van der Waals surface area contributed by atoms with Crippen molar-refractivity contribution in [3.05, 3.63) is 30.0 Å². The summed E-state index contributed by atoms with van der Waals surface area (Å²) in [6.07, 6.45) is 0.901. The predicted octanol–water partition coefficient (Wildman–Crippen LogP) is 2.64. The Hall–Kier alpha value is -2.01. The number of hydrogen-bond donors (Lipinski definition) is 2. The number of nitrogen functional groups attached to an aromatic ring is 1. The fourth-order valence-corrected chi connectivity index (χ4v) is 2.38. The van der Waals surface area contributed by atoms with Gasteiger partial charge in [-0.25, -0.2) is 0 Å². The van der Waals surface area contributed by atoms with Crippen LogP contribution in [0.2, 0.25) is 0 Å². The predicted molar refractivity (Wildman–Crippen MR) is 85.4 cm³/mol. The average molecular weight is 289 g/mol. The van der Waals surface area contributed by atoms with Gasteiger partial charge in [0.15, 0.2) is 0 Å². The van der Waals surface area contributed by atoms with Crippen molar-refractivity contribution in [3.8, 4) is 0 Å². The van der Waals surface area contributed by atoms with E-state index in [4.69, 9.17) is 10.5 Å². The van der Waals surface area contributed by atoms with Gasteiger partial charge in [-0.2, -0.15) is 0 Å². The van der Waals surface area contributed by atoms with Crippen LogP contribution in [0.25, 0.3) is 10.9 Å². The lowest BCUT2D eigenvalue weighted by atomic mass is 10.2. The van der Waals surface area contributed by atoms with Gasteiger partial charge >= 0.3 is 0 Å². The number of amides is 1. The quantitative estimate of drug-likeness (QED) is 0.803. The van der Waals surface area contributed by atoms with E-state index >= 15 is 0 Å². The molecule has 2 rings (SSSR count). The molecule has 2 aromatic rings. The summed E-state index contributed by atoms with van der Waals surface area (Å²) < 4.78 is 5.11. The number of nitrogens with two attached hydrogens (primary N) is 1. The lowest BCUT2D eigenvalue weighted by molar-refractivity contribution is 0.0609. The minimum Gasteiger partial charge on any atom is -0.397 e. The highest BCUT2D eigenvalue weighted by molar-refractivity contribution is 6.00. The first kappa shape index (κ1) is 15.4. The van der Waals surface area contributed by atoms with Crippen LogP contribution in [0.15, 0.2) is 24.3 Å². The van der Waals surface area contributed by atoms with Crippen LogP contribution in [0.1, 0.15) is 30.8 Å².